The lowest BCUT2D eigenvalue weighted by Gasteiger charge is -2.11. The largest absolute Gasteiger partial charge is 0.399 e. The first-order valence-electron chi connectivity index (χ1n) is 7.77. The second-order valence-corrected chi connectivity index (χ2v) is 5.87. The van der Waals surface area contributed by atoms with Crippen molar-refractivity contribution in [2.75, 3.05) is 17.7 Å². The molecule has 1 aromatic heterocycles. The van der Waals surface area contributed by atoms with Crippen LogP contribution < -0.4 is 10.6 Å². The summed E-state index contributed by atoms with van der Waals surface area (Å²) in [5.74, 6) is -0.00375. The fourth-order valence-electron chi connectivity index (χ4n) is 3.17. The summed E-state index contributed by atoms with van der Waals surface area (Å²) in [5.41, 5.74) is 12.1. The van der Waals surface area contributed by atoms with Gasteiger partial charge in [-0.15, -0.1) is 0 Å². The predicted octanol–water partition coefficient (Wildman–Crippen LogP) is 3.78. The summed E-state index contributed by atoms with van der Waals surface area (Å²) in [5, 5.41) is 0. The van der Waals surface area contributed by atoms with E-state index in [1.165, 1.54) is 0 Å². The van der Waals surface area contributed by atoms with Crippen molar-refractivity contribution in [2.45, 2.75) is 0 Å². The van der Waals surface area contributed by atoms with Crippen LogP contribution in [0.2, 0.25) is 0 Å². The third kappa shape index (κ3) is 2.20. The monoisotopic (exact) mass is 315 g/mol. The molecule has 0 bridgehead atoms. The molecule has 3 N–H and O–H groups in total. The second kappa shape index (κ2) is 5.42. The number of aromatic amines is 1. The summed E-state index contributed by atoms with van der Waals surface area (Å²) in [6, 6.07) is 17.6. The number of rotatable bonds is 2. The number of anilines is 2. The Morgan fingerprint density at radius 3 is 2.67 bits per heavy atom. The van der Waals surface area contributed by atoms with Crippen molar-refractivity contribution in [1.82, 2.24) is 4.98 Å². The van der Waals surface area contributed by atoms with Crippen molar-refractivity contribution in [2.24, 2.45) is 0 Å². The summed E-state index contributed by atoms with van der Waals surface area (Å²) in [7, 11) is 1.81. The summed E-state index contributed by atoms with van der Waals surface area (Å²) in [4.78, 5) is 17.6. The number of carbonyl (C=O) groups is 1. The van der Waals surface area contributed by atoms with Crippen LogP contribution in [0, 0.1) is 0 Å². The highest BCUT2D eigenvalue weighted by Gasteiger charge is 2.32. The molecule has 3 aromatic rings. The van der Waals surface area contributed by atoms with E-state index in [2.05, 4.69) is 4.98 Å². The number of nitrogens with two attached hydrogens (primary N) is 1. The number of nitrogens with zero attached hydrogens (tertiary/aromatic N) is 1. The molecule has 4 heteroatoms. The van der Waals surface area contributed by atoms with Gasteiger partial charge >= 0.3 is 0 Å². The fourth-order valence-corrected chi connectivity index (χ4v) is 3.17. The van der Waals surface area contributed by atoms with Crippen molar-refractivity contribution in [3.05, 3.63) is 72.1 Å². The molecule has 0 fully saturated rings. The Labute approximate surface area is 140 Å². The lowest BCUT2D eigenvalue weighted by molar-refractivity contribution is -0.112. The molecule has 2 aromatic carbocycles. The molecule has 2 heterocycles. The Balaban J connectivity index is 1.97. The number of likely N-dealkylation sites (N-methyl/N-ethyl adjacent to an activating group) is 1. The lowest BCUT2D eigenvalue weighted by Crippen LogP contribution is -2.20. The number of H-pyrrole nitrogens is 1. The maximum Gasteiger partial charge on any atom is 0.258 e. The highest BCUT2D eigenvalue weighted by Crippen LogP contribution is 2.43. The van der Waals surface area contributed by atoms with E-state index in [9.17, 15) is 4.79 Å². The third-order valence-corrected chi connectivity index (χ3v) is 4.33. The van der Waals surface area contributed by atoms with Crippen molar-refractivity contribution in [3.63, 3.8) is 0 Å². The number of amides is 1. The number of nitrogens with one attached hydrogen (secondary N) is 1. The molecule has 0 spiro atoms. The summed E-state index contributed by atoms with van der Waals surface area (Å²) in [6.45, 7) is 0. The van der Waals surface area contributed by atoms with E-state index in [1.54, 1.807) is 11.9 Å². The SMILES string of the molecule is CN1C(=O)C(=Cc2ccc[nH]2)c2c(-c3cccc(N)c3)cccc21. The van der Waals surface area contributed by atoms with Gasteiger partial charge in [-0.3, -0.25) is 4.79 Å². The normalized spacial score (nSPS) is 15.1. The molecule has 0 aliphatic carbocycles. The number of fused-ring (bicyclic) bond motifs is 1. The minimum Gasteiger partial charge on any atom is -0.399 e. The van der Waals surface area contributed by atoms with E-state index < -0.39 is 0 Å². The molecule has 0 unspecified atom stereocenters. The van der Waals surface area contributed by atoms with Crippen molar-refractivity contribution >= 4 is 28.9 Å². The van der Waals surface area contributed by atoms with Gasteiger partial charge in [0.15, 0.2) is 0 Å². The average molecular weight is 315 g/mol. The number of aromatic nitrogens is 1. The molecule has 24 heavy (non-hydrogen) atoms. The van der Waals surface area contributed by atoms with Gasteiger partial charge in [-0.05, 0) is 47.5 Å². The van der Waals surface area contributed by atoms with Crippen LogP contribution in [0.1, 0.15) is 11.3 Å². The molecular weight excluding hydrogens is 298 g/mol. The van der Waals surface area contributed by atoms with Crippen molar-refractivity contribution in [3.8, 4) is 11.1 Å². The molecule has 1 amide bonds. The molecular formula is C20H17N3O. The highest BCUT2D eigenvalue weighted by atomic mass is 16.2. The van der Waals surface area contributed by atoms with E-state index in [1.807, 2.05) is 66.9 Å². The number of hydrogen-bond acceptors (Lipinski definition) is 2. The zero-order chi connectivity index (χ0) is 16.7. The molecule has 0 radical (unpaired) electrons. The topological polar surface area (TPSA) is 62.1 Å². The van der Waals surface area contributed by atoms with E-state index in [0.717, 1.165) is 28.1 Å². The second-order valence-electron chi connectivity index (χ2n) is 5.87. The first kappa shape index (κ1) is 14.3. The fraction of sp³-hybridized carbons (Fsp3) is 0.0500. The molecule has 4 nitrogen and oxygen atoms in total. The average Bonchev–Trinajstić information content (AvgIpc) is 3.18. The minimum atomic E-state index is -0.00375. The van der Waals surface area contributed by atoms with E-state index in [0.29, 0.717) is 11.3 Å². The van der Waals surface area contributed by atoms with Gasteiger partial charge in [0, 0.05) is 30.2 Å². The summed E-state index contributed by atoms with van der Waals surface area (Å²) >= 11 is 0. The zero-order valence-corrected chi connectivity index (χ0v) is 13.3. The van der Waals surface area contributed by atoms with Gasteiger partial charge in [0.2, 0.25) is 0 Å². The van der Waals surface area contributed by atoms with Crippen LogP contribution in [-0.2, 0) is 4.79 Å². The lowest BCUT2D eigenvalue weighted by atomic mass is 9.94. The molecule has 0 atom stereocenters. The van der Waals surface area contributed by atoms with E-state index in [4.69, 9.17) is 5.73 Å². The van der Waals surface area contributed by atoms with Gasteiger partial charge in [-0.2, -0.15) is 0 Å². The van der Waals surface area contributed by atoms with Crippen LogP contribution in [0.15, 0.2) is 60.8 Å². The van der Waals surface area contributed by atoms with Gasteiger partial charge in [0.1, 0.15) is 0 Å². The Kier molecular flexibility index (Phi) is 3.24. The van der Waals surface area contributed by atoms with E-state index in [-0.39, 0.29) is 5.91 Å². The Bertz CT molecular complexity index is 955. The van der Waals surface area contributed by atoms with Crippen LogP contribution in [0.3, 0.4) is 0 Å². The first-order chi connectivity index (χ1) is 11.6. The first-order valence-corrected chi connectivity index (χ1v) is 7.77. The molecule has 0 saturated heterocycles. The Morgan fingerprint density at radius 2 is 1.92 bits per heavy atom. The van der Waals surface area contributed by atoms with Crippen LogP contribution in [-0.4, -0.2) is 17.9 Å². The Hall–Kier alpha value is -3.27. The zero-order valence-electron chi connectivity index (χ0n) is 13.3. The molecule has 4 rings (SSSR count). The van der Waals surface area contributed by atoms with Gasteiger partial charge < -0.3 is 15.6 Å². The predicted molar refractivity (Wildman–Crippen MR) is 98.4 cm³/mol. The van der Waals surface area contributed by atoms with Crippen LogP contribution in [0.4, 0.5) is 11.4 Å². The van der Waals surface area contributed by atoms with Crippen LogP contribution >= 0.6 is 0 Å². The maximum absolute atomic E-state index is 12.8. The molecule has 0 saturated carbocycles. The number of hydrogen-bond donors (Lipinski definition) is 2. The standard InChI is InChI=1S/C20H17N3O/c1-23-18-9-3-8-16(13-5-2-6-14(21)11-13)19(18)17(20(23)24)12-15-7-4-10-22-15/h2-12,22H,21H2,1H3. The number of benzene rings is 2. The number of carbonyl (C=O) groups excluding carboxylic acids is 1. The Morgan fingerprint density at radius 1 is 1.08 bits per heavy atom. The molecule has 118 valence electrons. The number of nitrogen functional groups attached to an aromatic ring is 1. The maximum atomic E-state index is 12.8. The van der Waals surface area contributed by atoms with Crippen molar-refractivity contribution < 1.29 is 4.79 Å². The van der Waals surface area contributed by atoms with Gasteiger partial charge in [0.05, 0.1) is 11.3 Å². The van der Waals surface area contributed by atoms with Gasteiger partial charge in [-0.1, -0.05) is 24.3 Å². The van der Waals surface area contributed by atoms with Crippen molar-refractivity contribution in [1.29, 1.82) is 0 Å². The molecule has 1 aliphatic heterocycles. The third-order valence-electron chi connectivity index (χ3n) is 4.33. The minimum absolute atomic E-state index is 0.00375. The smallest absolute Gasteiger partial charge is 0.258 e. The summed E-state index contributed by atoms with van der Waals surface area (Å²) < 4.78 is 0. The van der Waals surface area contributed by atoms with Crippen LogP contribution in [0.25, 0.3) is 22.8 Å². The highest BCUT2D eigenvalue weighted by molar-refractivity contribution is 6.37. The molecule has 1 aliphatic rings. The van der Waals surface area contributed by atoms with Crippen LogP contribution in [0.5, 0.6) is 0 Å². The quantitative estimate of drug-likeness (QED) is 0.558. The van der Waals surface area contributed by atoms with E-state index >= 15 is 0 Å². The van der Waals surface area contributed by atoms with Gasteiger partial charge in [-0.25, -0.2) is 0 Å². The summed E-state index contributed by atoms with van der Waals surface area (Å²) in [6.07, 6.45) is 3.75. The van der Waals surface area contributed by atoms with Gasteiger partial charge in [0.25, 0.3) is 5.91 Å².